The Morgan fingerprint density at radius 1 is 1.03 bits per heavy atom. The molecule has 7 nitrogen and oxygen atoms in total. The molecular weight excluding hydrogens is 483 g/mol. The van der Waals surface area contributed by atoms with Crippen molar-refractivity contribution in [1.82, 2.24) is 5.32 Å². The highest BCUT2D eigenvalue weighted by molar-refractivity contribution is 7.92. The summed E-state index contributed by atoms with van der Waals surface area (Å²) in [5.41, 5.74) is -0.0854. The predicted octanol–water partition coefficient (Wildman–Crippen LogP) is 4.33. The van der Waals surface area contributed by atoms with Gasteiger partial charge in [0.1, 0.15) is 4.90 Å². The summed E-state index contributed by atoms with van der Waals surface area (Å²) in [6.45, 7) is -0.184. The fourth-order valence-corrected chi connectivity index (χ4v) is 4.98. The molecule has 0 aliphatic rings. The molecule has 0 saturated carbocycles. The monoisotopic (exact) mass is 498 g/mol. The average Bonchev–Trinajstić information content (AvgIpc) is 3.26. The van der Waals surface area contributed by atoms with Gasteiger partial charge >= 0.3 is 5.97 Å². The van der Waals surface area contributed by atoms with Gasteiger partial charge in [0.15, 0.2) is 6.61 Å². The third kappa shape index (κ3) is 6.20. The number of benzene rings is 2. The van der Waals surface area contributed by atoms with E-state index in [9.17, 15) is 18.0 Å². The van der Waals surface area contributed by atoms with Crippen molar-refractivity contribution in [2.24, 2.45) is 0 Å². The number of hydrogen-bond acceptors (Lipinski definition) is 6. The molecular formula is C20H16Cl2N2O5S2. The molecule has 162 valence electrons. The maximum atomic E-state index is 12.7. The molecule has 0 fully saturated rings. The van der Waals surface area contributed by atoms with E-state index in [1.807, 2.05) is 17.5 Å². The van der Waals surface area contributed by atoms with Gasteiger partial charge in [-0.05, 0) is 41.8 Å². The van der Waals surface area contributed by atoms with Crippen LogP contribution in [0.15, 0.2) is 64.9 Å². The van der Waals surface area contributed by atoms with Crippen LogP contribution >= 0.6 is 34.5 Å². The van der Waals surface area contributed by atoms with Crippen molar-refractivity contribution in [3.8, 4) is 0 Å². The molecule has 0 bridgehead atoms. The number of para-hydroxylation sites is 1. The van der Waals surface area contributed by atoms with Crippen molar-refractivity contribution < 1.29 is 22.7 Å². The number of carbonyl (C=O) groups is 2. The first-order valence-corrected chi connectivity index (χ1v) is 11.9. The van der Waals surface area contributed by atoms with Crippen molar-refractivity contribution in [1.29, 1.82) is 0 Å². The third-order valence-corrected chi connectivity index (χ3v) is 6.91. The van der Waals surface area contributed by atoms with E-state index in [1.165, 1.54) is 47.7 Å². The Balaban J connectivity index is 1.68. The summed E-state index contributed by atoms with van der Waals surface area (Å²) in [6.07, 6.45) is 0. The molecule has 3 aromatic rings. The maximum Gasteiger partial charge on any atom is 0.340 e. The molecule has 2 aromatic carbocycles. The summed E-state index contributed by atoms with van der Waals surface area (Å²) in [5.74, 6) is -1.34. The van der Waals surface area contributed by atoms with Crippen LogP contribution in [0.25, 0.3) is 0 Å². The molecule has 0 radical (unpaired) electrons. The van der Waals surface area contributed by atoms with Crippen LogP contribution in [0, 0.1) is 0 Å². The normalized spacial score (nSPS) is 11.0. The zero-order valence-corrected chi connectivity index (χ0v) is 18.9. The van der Waals surface area contributed by atoms with Crippen LogP contribution in [0.5, 0.6) is 0 Å². The van der Waals surface area contributed by atoms with Crippen LogP contribution in [0.4, 0.5) is 5.69 Å². The molecule has 0 saturated heterocycles. The lowest BCUT2D eigenvalue weighted by molar-refractivity contribution is -0.124. The highest BCUT2D eigenvalue weighted by Gasteiger charge is 2.22. The summed E-state index contributed by atoms with van der Waals surface area (Å²) < 4.78 is 32.8. The van der Waals surface area contributed by atoms with Gasteiger partial charge < -0.3 is 10.1 Å². The number of anilines is 1. The Morgan fingerprint density at radius 2 is 1.81 bits per heavy atom. The SMILES string of the molecule is O=C(COC(=O)c1ccccc1NS(=O)(=O)c1cc(Cl)ccc1Cl)NCc1cccs1. The second kappa shape index (κ2) is 10.1. The van der Waals surface area contributed by atoms with Crippen molar-refractivity contribution in [3.63, 3.8) is 0 Å². The molecule has 0 spiro atoms. The number of esters is 1. The van der Waals surface area contributed by atoms with Gasteiger partial charge in [0.25, 0.3) is 15.9 Å². The van der Waals surface area contributed by atoms with Gasteiger partial charge in [-0.1, -0.05) is 41.4 Å². The number of carbonyl (C=O) groups excluding carboxylic acids is 2. The van der Waals surface area contributed by atoms with Gasteiger partial charge in [-0.15, -0.1) is 11.3 Å². The molecule has 11 heteroatoms. The number of hydrogen-bond donors (Lipinski definition) is 2. The fraction of sp³-hybridized carbons (Fsp3) is 0.100. The first-order valence-electron chi connectivity index (χ1n) is 8.79. The number of amides is 1. The second-order valence-corrected chi connectivity index (χ2v) is 9.68. The number of nitrogens with one attached hydrogen (secondary N) is 2. The van der Waals surface area contributed by atoms with Gasteiger partial charge in [-0.25, -0.2) is 13.2 Å². The van der Waals surface area contributed by atoms with Crippen LogP contribution in [0.2, 0.25) is 10.0 Å². The van der Waals surface area contributed by atoms with Crippen molar-refractivity contribution in [3.05, 3.63) is 80.5 Å². The Labute approximate surface area is 193 Å². The minimum atomic E-state index is -4.14. The molecule has 1 amide bonds. The molecule has 1 aromatic heterocycles. The van der Waals surface area contributed by atoms with Crippen LogP contribution < -0.4 is 10.0 Å². The Kier molecular flexibility index (Phi) is 7.55. The first kappa shape index (κ1) is 23.1. The van der Waals surface area contributed by atoms with Gasteiger partial charge in [0.2, 0.25) is 0 Å². The molecule has 3 rings (SSSR count). The first-order chi connectivity index (χ1) is 14.8. The minimum Gasteiger partial charge on any atom is -0.452 e. The molecule has 2 N–H and O–H groups in total. The number of halogens is 2. The summed E-state index contributed by atoms with van der Waals surface area (Å²) in [6, 6.07) is 13.6. The molecule has 0 aliphatic heterocycles. The summed E-state index contributed by atoms with van der Waals surface area (Å²) in [7, 11) is -4.14. The molecule has 0 atom stereocenters. The highest BCUT2D eigenvalue weighted by Crippen LogP contribution is 2.28. The number of rotatable bonds is 8. The summed E-state index contributed by atoms with van der Waals surface area (Å²) in [5, 5.41) is 4.68. The maximum absolute atomic E-state index is 12.7. The molecule has 0 aliphatic carbocycles. The number of thiophene rings is 1. The van der Waals surface area contributed by atoms with Crippen molar-refractivity contribution in [2.75, 3.05) is 11.3 Å². The van der Waals surface area contributed by atoms with Crippen LogP contribution in [0.3, 0.4) is 0 Å². The van der Waals surface area contributed by atoms with Gasteiger partial charge in [0.05, 0.1) is 22.8 Å². The number of sulfonamides is 1. The molecule has 0 unspecified atom stereocenters. The highest BCUT2D eigenvalue weighted by atomic mass is 35.5. The Hall–Kier alpha value is -2.59. The topological polar surface area (TPSA) is 102 Å². The van der Waals surface area contributed by atoms with E-state index in [2.05, 4.69) is 10.0 Å². The Bertz CT molecular complexity index is 1200. The minimum absolute atomic E-state index is 0.0254. The zero-order chi connectivity index (χ0) is 22.4. The van der Waals surface area contributed by atoms with E-state index in [4.69, 9.17) is 27.9 Å². The van der Waals surface area contributed by atoms with Gasteiger partial charge in [-0.3, -0.25) is 9.52 Å². The summed E-state index contributed by atoms with van der Waals surface area (Å²) in [4.78, 5) is 25.1. The number of ether oxygens (including phenoxy) is 1. The van der Waals surface area contributed by atoms with Crippen LogP contribution in [-0.2, 0) is 26.1 Å². The quantitative estimate of drug-likeness (QED) is 0.450. The largest absolute Gasteiger partial charge is 0.452 e. The van der Waals surface area contributed by atoms with E-state index in [-0.39, 0.29) is 26.2 Å². The fourth-order valence-electron chi connectivity index (χ4n) is 2.49. The van der Waals surface area contributed by atoms with Crippen molar-refractivity contribution >= 4 is 62.1 Å². The zero-order valence-electron chi connectivity index (χ0n) is 15.8. The van der Waals surface area contributed by atoms with Crippen LogP contribution in [0.1, 0.15) is 15.2 Å². The van der Waals surface area contributed by atoms with E-state index >= 15 is 0 Å². The lowest BCUT2D eigenvalue weighted by atomic mass is 10.2. The van der Waals surface area contributed by atoms with Crippen molar-refractivity contribution in [2.45, 2.75) is 11.4 Å². The Morgan fingerprint density at radius 3 is 2.55 bits per heavy atom. The van der Waals surface area contributed by atoms with Crippen LogP contribution in [-0.4, -0.2) is 26.9 Å². The summed E-state index contributed by atoms with van der Waals surface area (Å²) >= 11 is 13.3. The standard InChI is InChI=1S/C20H16Cl2N2O5S2/c21-13-7-8-16(22)18(10-13)31(27,28)24-17-6-2-1-5-15(17)20(26)29-12-19(25)23-11-14-4-3-9-30-14/h1-10,24H,11-12H2,(H,23,25). The second-order valence-electron chi connectivity index (χ2n) is 6.16. The predicted molar refractivity (Wildman–Crippen MR) is 120 cm³/mol. The lowest BCUT2D eigenvalue weighted by Gasteiger charge is -2.13. The van der Waals surface area contributed by atoms with E-state index in [0.717, 1.165) is 4.88 Å². The van der Waals surface area contributed by atoms with E-state index in [0.29, 0.717) is 6.54 Å². The average molecular weight is 499 g/mol. The van der Waals surface area contributed by atoms with Gasteiger partial charge in [-0.2, -0.15) is 0 Å². The smallest absolute Gasteiger partial charge is 0.340 e. The van der Waals surface area contributed by atoms with E-state index in [1.54, 1.807) is 6.07 Å². The van der Waals surface area contributed by atoms with E-state index < -0.39 is 28.5 Å². The molecule has 31 heavy (non-hydrogen) atoms. The third-order valence-electron chi connectivity index (χ3n) is 3.95. The lowest BCUT2D eigenvalue weighted by Crippen LogP contribution is -2.28. The molecule has 1 heterocycles. The van der Waals surface area contributed by atoms with Gasteiger partial charge in [0, 0.05) is 9.90 Å².